The van der Waals surface area contributed by atoms with E-state index in [1.165, 1.54) is 16.9 Å². The molecule has 0 saturated carbocycles. The summed E-state index contributed by atoms with van der Waals surface area (Å²) < 4.78 is 0. The molecule has 1 atom stereocenters. The fourth-order valence-corrected chi connectivity index (χ4v) is 4.81. The first-order valence-corrected chi connectivity index (χ1v) is 9.31. The standard InChI is InChI=1S/C18H20N2S2/c1-18(2,3)12-6-7-14-15(10-19)17(22-16(14)9-12)20-11-13-5-4-8-21-13/h4-5,8,11-12H,6-7,9H2,1-3H3/t12-/m1/s1. The average Bonchev–Trinajstić information content (AvgIpc) is 3.10. The molecule has 0 N–H and O–H groups in total. The van der Waals surface area contributed by atoms with Gasteiger partial charge in [0.1, 0.15) is 11.1 Å². The van der Waals surface area contributed by atoms with E-state index in [9.17, 15) is 5.26 Å². The molecule has 2 aromatic rings. The molecule has 3 rings (SSSR count). The highest BCUT2D eigenvalue weighted by molar-refractivity contribution is 7.16. The van der Waals surface area contributed by atoms with Crippen LogP contribution >= 0.6 is 22.7 Å². The lowest BCUT2D eigenvalue weighted by Gasteiger charge is -2.33. The summed E-state index contributed by atoms with van der Waals surface area (Å²) in [5.41, 5.74) is 2.39. The Labute approximate surface area is 140 Å². The molecular formula is C18H20N2S2. The molecule has 0 unspecified atom stereocenters. The fourth-order valence-electron chi connectivity index (χ4n) is 3.00. The van der Waals surface area contributed by atoms with Crippen LogP contribution in [-0.4, -0.2) is 6.21 Å². The van der Waals surface area contributed by atoms with Gasteiger partial charge in [0.2, 0.25) is 0 Å². The number of nitrogens with zero attached hydrogens (tertiary/aromatic N) is 2. The lowest BCUT2D eigenvalue weighted by molar-refractivity contribution is 0.218. The van der Waals surface area contributed by atoms with Gasteiger partial charge in [-0.3, -0.25) is 0 Å². The summed E-state index contributed by atoms with van der Waals surface area (Å²) in [6.45, 7) is 6.95. The summed E-state index contributed by atoms with van der Waals surface area (Å²) in [4.78, 5) is 7.10. The molecule has 22 heavy (non-hydrogen) atoms. The molecule has 2 heterocycles. The van der Waals surface area contributed by atoms with Gasteiger partial charge in [-0.25, -0.2) is 4.99 Å². The van der Waals surface area contributed by atoms with Crippen molar-refractivity contribution in [2.45, 2.75) is 40.0 Å². The topological polar surface area (TPSA) is 36.1 Å². The van der Waals surface area contributed by atoms with Crippen molar-refractivity contribution in [3.8, 4) is 6.07 Å². The quantitative estimate of drug-likeness (QED) is 0.663. The van der Waals surface area contributed by atoms with Crippen molar-refractivity contribution < 1.29 is 0 Å². The van der Waals surface area contributed by atoms with Crippen molar-refractivity contribution in [2.24, 2.45) is 16.3 Å². The van der Waals surface area contributed by atoms with E-state index in [-0.39, 0.29) is 0 Å². The Morgan fingerprint density at radius 1 is 1.41 bits per heavy atom. The van der Waals surface area contributed by atoms with E-state index in [2.05, 4.69) is 31.8 Å². The first-order valence-electron chi connectivity index (χ1n) is 7.61. The molecule has 0 saturated heterocycles. The van der Waals surface area contributed by atoms with Gasteiger partial charge in [-0.15, -0.1) is 22.7 Å². The van der Waals surface area contributed by atoms with Gasteiger partial charge < -0.3 is 0 Å². The van der Waals surface area contributed by atoms with Gasteiger partial charge in [0.05, 0.1) is 5.56 Å². The maximum Gasteiger partial charge on any atom is 0.134 e. The monoisotopic (exact) mass is 328 g/mol. The highest BCUT2D eigenvalue weighted by Gasteiger charge is 2.32. The number of aliphatic imine (C=N–C) groups is 1. The van der Waals surface area contributed by atoms with Gasteiger partial charge in [-0.05, 0) is 47.6 Å². The second kappa shape index (κ2) is 5.98. The van der Waals surface area contributed by atoms with E-state index in [0.717, 1.165) is 28.3 Å². The van der Waals surface area contributed by atoms with Crippen LogP contribution in [-0.2, 0) is 12.8 Å². The van der Waals surface area contributed by atoms with Gasteiger partial charge in [0.25, 0.3) is 0 Å². The highest BCUT2D eigenvalue weighted by atomic mass is 32.1. The van der Waals surface area contributed by atoms with Crippen LogP contribution in [0.5, 0.6) is 0 Å². The summed E-state index contributed by atoms with van der Waals surface area (Å²) in [6.07, 6.45) is 5.16. The third kappa shape index (κ3) is 3.02. The van der Waals surface area contributed by atoms with Gasteiger partial charge >= 0.3 is 0 Å². The predicted octanol–water partition coefficient (Wildman–Crippen LogP) is 5.58. The lowest BCUT2D eigenvalue weighted by atomic mass is 9.72. The van der Waals surface area contributed by atoms with E-state index < -0.39 is 0 Å². The normalized spacial score (nSPS) is 18.4. The Morgan fingerprint density at radius 3 is 2.86 bits per heavy atom. The molecule has 0 aliphatic heterocycles. The van der Waals surface area contributed by atoms with Crippen LogP contribution in [0.15, 0.2) is 22.5 Å². The van der Waals surface area contributed by atoms with Crippen molar-refractivity contribution in [3.63, 3.8) is 0 Å². The smallest absolute Gasteiger partial charge is 0.134 e. The maximum atomic E-state index is 9.53. The molecule has 4 heteroatoms. The lowest BCUT2D eigenvalue weighted by Crippen LogP contribution is -2.26. The Bertz CT molecular complexity index is 724. The van der Waals surface area contributed by atoms with E-state index in [1.54, 1.807) is 22.7 Å². The Morgan fingerprint density at radius 2 is 2.23 bits per heavy atom. The first kappa shape index (κ1) is 15.5. The Hall–Kier alpha value is -1.44. The molecule has 0 spiro atoms. The highest BCUT2D eigenvalue weighted by Crippen LogP contribution is 2.44. The molecule has 114 valence electrons. The molecule has 0 amide bonds. The Balaban J connectivity index is 1.91. The van der Waals surface area contributed by atoms with Crippen molar-refractivity contribution in [3.05, 3.63) is 38.4 Å². The fraction of sp³-hybridized carbons (Fsp3) is 0.444. The van der Waals surface area contributed by atoms with Crippen LogP contribution in [0.3, 0.4) is 0 Å². The maximum absolute atomic E-state index is 9.53. The molecule has 0 radical (unpaired) electrons. The van der Waals surface area contributed by atoms with Crippen LogP contribution in [0.4, 0.5) is 5.00 Å². The molecule has 0 bridgehead atoms. The zero-order chi connectivity index (χ0) is 15.7. The number of rotatable bonds is 2. The average molecular weight is 329 g/mol. The number of fused-ring (bicyclic) bond motifs is 1. The third-order valence-corrected chi connectivity index (χ3v) is 6.40. The number of hydrogen-bond donors (Lipinski definition) is 0. The summed E-state index contributed by atoms with van der Waals surface area (Å²) in [6, 6.07) is 6.45. The van der Waals surface area contributed by atoms with E-state index in [4.69, 9.17) is 0 Å². The second-order valence-corrected chi connectivity index (χ2v) is 8.94. The molecule has 2 nitrogen and oxygen atoms in total. The SMILES string of the molecule is CC(C)(C)[C@@H]1CCc2c(sc(N=Cc3cccs3)c2C#N)C1. The Kier molecular flexibility index (Phi) is 4.20. The van der Waals surface area contributed by atoms with Gasteiger partial charge in [-0.2, -0.15) is 5.26 Å². The summed E-state index contributed by atoms with van der Waals surface area (Å²) in [7, 11) is 0. The van der Waals surface area contributed by atoms with E-state index in [0.29, 0.717) is 11.3 Å². The van der Waals surface area contributed by atoms with Crippen LogP contribution < -0.4 is 0 Å². The number of nitriles is 1. The predicted molar refractivity (Wildman–Crippen MR) is 95.6 cm³/mol. The molecule has 1 aliphatic rings. The summed E-state index contributed by atoms with van der Waals surface area (Å²) in [5.74, 6) is 0.694. The zero-order valence-corrected chi connectivity index (χ0v) is 14.9. The van der Waals surface area contributed by atoms with Crippen LogP contribution in [0.1, 0.15) is 48.1 Å². The molecule has 0 aromatic carbocycles. The zero-order valence-electron chi connectivity index (χ0n) is 13.2. The first-order chi connectivity index (χ1) is 10.5. The van der Waals surface area contributed by atoms with Crippen molar-refractivity contribution in [1.82, 2.24) is 0 Å². The van der Waals surface area contributed by atoms with Crippen molar-refractivity contribution in [1.29, 1.82) is 5.26 Å². The van der Waals surface area contributed by atoms with Crippen LogP contribution in [0.2, 0.25) is 0 Å². The molecular weight excluding hydrogens is 308 g/mol. The second-order valence-electron chi connectivity index (χ2n) is 6.88. The van der Waals surface area contributed by atoms with Gasteiger partial charge in [0, 0.05) is 16.0 Å². The third-order valence-electron chi connectivity index (χ3n) is 4.44. The largest absolute Gasteiger partial charge is 0.243 e. The molecule has 2 aromatic heterocycles. The number of hydrogen-bond acceptors (Lipinski definition) is 4. The summed E-state index contributed by atoms with van der Waals surface area (Å²) in [5, 5.41) is 12.5. The van der Waals surface area contributed by atoms with Gasteiger partial charge in [0.15, 0.2) is 0 Å². The minimum absolute atomic E-state index is 0.328. The summed E-state index contributed by atoms with van der Waals surface area (Å²) >= 11 is 3.38. The van der Waals surface area contributed by atoms with Gasteiger partial charge in [-0.1, -0.05) is 26.8 Å². The van der Waals surface area contributed by atoms with E-state index >= 15 is 0 Å². The minimum Gasteiger partial charge on any atom is -0.243 e. The number of thiophene rings is 2. The van der Waals surface area contributed by atoms with Crippen LogP contribution in [0.25, 0.3) is 0 Å². The van der Waals surface area contributed by atoms with Crippen molar-refractivity contribution >= 4 is 33.9 Å². The minimum atomic E-state index is 0.328. The molecule has 1 aliphatic carbocycles. The van der Waals surface area contributed by atoms with E-state index in [1.807, 2.05) is 23.7 Å². The molecule has 0 fully saturated rings. The van der Waals surface area contributed by atoms with Crippen LogP contribution in [0, 0.1) is 22.7 Å². The van der Waals surface area contributed by atoms with Crippen molar-refractivity contribution in [2.75, 3.05) is 0 Å².